The van der Waals surface area contributed by atoms with Gasteiger partial charge >= 0.3 is 6.03 Å². The van der Waals surface area contributed by atoms with E-state index < -0.39 is 29.0 Å². The number of benzene rings is 2. The molecule has 2 amide bonds. The fraction of sp³-hybridized carbons (Fsp3) is 0.346. The second-order valence-corrected chi connectivity index (χ2v) is 9.83. The van der Waals surface area contributed by atoms with E-state index in [1.54, 1.807) is 47.2 Å². The lowest BCUT2D eigenvalue weighted by molar-refractivity contribution is 0.252. The van der Waals surface area contributed by atoms with Crippen LogP contribution in [0.1, 0.15) is 37.8 Å². The predicted octanol–water partition coefficient (Wildman–Crippen LogP) is 3.85. The zero-order chi connectivity index (χ0) is 26.6. The molecule has 0 bridgehead atoms. The summed E-state index contributed by atoms with van der Waals surface area (Å²) in [6, 6.07) is 7.76. The van der Waals surface area contributed by atoms with Crippen molar-refractivity contribution in [1.82, 2.24) is 15.1 Å². The summed E-state index contributed by atoms with van der Waals surface area (Å²) in [5.41, 5.74) is 1.41. The summed E-state index contributed by atoms with van der Waals surface area (Å²) in [5, 5.41) is 28.8. The van der Waals surface area contributed by atoms with E-state index in [4.69, 9.17) is 19.2 Å². The zero-order valence-corrected chi connectivity index (χ0v) is 21.4. The monoisotopic (exact) mass is 507 g/mol. The average Bonchev–Trinajstić information content (AvgIpc) is 3.44. The van der Waals surface area contributed by atoms with Gasteiger partial charge in [0.2, 0.25) is 11.5 Å². The smallest absolute Gasteiger partial charge is 0.328 e. The van der Waals surface area contributed by atoms with E-state index in [2.05, 4.69) is 10.4 Å². The van der Waals surface area contributed by atoms with Gasteiger partial charge < -0.3 is 24.4 Å². The van der Waals surface area contributed by atoms with Crippen molar-refractivity contribution in [3.63, 3.8) is 0 Å². The fourth-order valence-corrected chi connectivity index (χ4v) is 4.97. The largest absolute Gasteiger partial charge is 0.502 e. The lowest BCUT2D eigenvalue weighted by atomic mass is 9.82. The summed E-state index contributed by atoms with van der Waals surface area (Å²) in [6.45, 7) is 6.02. The van der Waals surface area contributed by atoms with Crippen LogP contribution >= 0.6 is 0 Å². The average molecular weight is 508 g/mol. The topological polar surface area (TPSA) is 131 Å². The number of rotatable bonds is 5. The van der Waals surface area contributed by atoms with Crippen LogP contribution in [-0.2, 0) is 5.54 Å². The lowest BCUT2D eigenvalue weighted by Crippen LogP contribution is -2.42. The number of anilines is 1. The van der Waals surface area contributed by atoms with Gasteiger partial charge in [0.15, 0.2) is 17.3 Å². The van der Waals surface area contributed by atoms with Crippen molar-refractivity contribution in [1.29, 1.82) is 0 Å². The summed E-state index contributed by atoms with van der Waals surface area (Å²) < 4.78 is 18.1. The molecule has 0 spiro atoms. The quantitative estimate of drug-likeness (QED) is 0.447. The Bertz CT molecular complexity index is 1420. The Labute approximate surface area is 213 Å². The van der Waals surface area contributed by atoms with E-state index in [0.717, 1.165) is 5.56 Å². The van der Waals surface area contributed by atoms with E-state index in [0.29, 0.717) is 28.7 Å². The van der Waals surface area contributed by atoms with Crippen molar-refractivity contribution in [2.24, 2.45) is 4.99 Å². The maximum absolute atomic E-state index is 13.4. The van der Waals surface area contributed by atoms with Crippen molar-refractivity contribution in [2.75, 3.05) is 26.2 Å². The van der Waals surface area contributed by atoms with Crippen LogP contribution in [0.3, 0.4) is 0 Å². The molecule has 37 heavy (non-hydrogen) atoms. The zero-order valence-electron chi connectivity index (χ0n) is 21.4. The summed E-state index contributed by atoms with van der Waals surface area (Å²) in [7, 11) is 4.35. The molecule has 2 aliphatic rings. The SMILES string of the molecule is COc1cccc(N2C(=O)NC3=Nc4c(cnn4C(C)(C)C)[C@H](c4cc(OC)c(O)c(O)c4OC)[C@H]32)c1. The first kappa shape index (κ1) is 24.3. The molecule has 2 aliphatic heterocycles. The minimum absolute atomic E-state index is 0.0592. The first-order valence-corrected chi connectivity index (χ1v) is 11.7. The van der Waals surface area contributed by atoms with Crippen LogP contribution in [-0.4, -0.2) is 59.2 Å². The highest BCUT2D eigenvalue weighted by Crippen LogP contribution is 2.53. The molecular formula is C26H29N5O6. The molecule has 11 nitrogen and oxygen atoms in total. The first-order valence-electron chi connectivity index (χ1n) is 11.7. The van der Waals surface area contributed by atoms with Gasteiger partial charge in [-0.3, -0.25) is 10.2 Å². The van der Waals surface area contributed by atoms with Crippen molar-refractivity contribution in [2.45, 2.75) is 38.3 Å². The molecule has 2 atom stereocenters. The summed E-state index contributed by atoms with van der Waals surface area (Å²) in [6.07, 6.45) is 1.72. The molecule has 0 unspecified atom stereocenters. The number of amides is 2. The van der Waals surface area contributed by atoms with Gasteiger partial charge in [-0.2, -0.15) is 5.10 Å². The van der Waals surface area contributed by atoms with Gasteiger partial charge in [-0.05, 0) is 39.0 Å². The molecule has 11 heteroatoms. The number of hydrogen-bond donors (Lipinski definition) is 3. The van der Waals surface area contributed by atoms with Gasteiger partial charge in [0.25, 0.3) is 0 Å². The van der Waals surface area contributed by atoms with Crippen LogP contribution < -0.4 is 24.4 Å². The molecule has 3 heterocycles. The number of phenolic OH excluding ortho intramolecular Hbond substituents is 2. The predicted molar refractivity (Wildman–Crippen MR) is 137 cm³/mol. The number of phenols is 2. The molecule has 194 valence electrons. The number of aromatic nitrogens is 2. The molecule has 3 aromatic rings. The molecule has 2 aromatic carbocycles. The molecule has 1 fully saturated rings. The summed E-state index contributed by atoms with van der Waals surface area (Å²) >= 11 is 0. The van der Waals surface area contributed by atoms with Crippen molar-refractivity contribution < 1.29 is 29.2 Å². The van der Waals surface area contributed by atoms with Gasteiger partial charge in [0.05, 0.1) is 33.1 Å². The Morgan fingerprint density at radius 1 is 1.00 bits per heavy atom. The minimum atomic E-state index is -0.646. The minimum Gasteiger partial charge on any atom is -0.502 e. The normalized spacial score (nSPS) is 18.6. The number of aliphatic imine (C=N–C) groups is 1. The number of nitrogens with one attached hydrogen (secondary N) is 1. The highest BCUT2D eigenvalue weighted by Gasteiger charge is 2.49. The van der Waals surface area contributed by atoms with Crippen molar-refractivity contribution >= 4 is 23.4 Å². The maximum Gasteiger partial charge on any atom is 0.328 e. The molecule has 0 radical (unpaired) electrons. The summed E-state index contributed by atoms with van der Waals surface area (Å²) in [4.78, 5) is 19.8. The second kappa shape index (κ2) is 8.61. The Hall–Kier alpha value is -4.41. The third kappa shape index (κ3) is 3.69. The van der Waals surface area contributed by atoms with Gasteiger partial charge in [-0.15, -0.1) is 0 Å². The number of urea groups is 1. The van der Waals surface area contributed by atoms with Gasteiger partial charge in [-0.25, -0.2) is 14.5 Å². The number of fused-ring (bicyclic) bond motifs is 2. The van der Waals surface area contributed by atoms with Crippen LogP contribution in [0.2, 0.25) is 0 Å². The van der Waals surface area contributed by atoms with Crippen LogP contribution in [0.4, 0.5) is 16.3 Å². The van der Waals surface area contributed by atoms with Gasteiger partial charge in [0.1, 0.15) is 17.6 Å². The molecule has 3 N–H and O–H groups in total. The first-order chi connectivity index (χ1) is 17.6. The number of carbonyl (C=O) groups excluding carboxylic acids is 1. The molecule has 1 aromatic heterocycles. The third-order valence-corrected chi connectivity index (χ3v) is 6.61. The highest BCUT2D eigenvalue weighted by molar-refractivity contribution is 6.18. The highest BCUT2D eigenvalue weighted by atomic mass is 16.5. The second-order valence-electron chi connectivity index (χ2n) is 9.83. The van der Waals surface area contributed by atoms with Crippen LogP contribution in [0.25, 0.3) is 0 Å². The number of nitrogens with zero attached hydrogens (tertiary/aromatic N) is 4. The van der Waals surface area contributed by atoms with Crippen LogP contribution in [0.15, 0.2) is 41.5 Å². The molecular weight excluding hydrogens is 478 g/mol. The molecule has 5 rings (SSSR count). The number of ether oxygens (including phenoxy) is 3. The summed E-state index contributed by atoms with van der Waals surface area (Å²) in [5.74, 6) is 0.204. The third-order valence-electron chi connectivity index (χ3n) is 6.61. The van der Waals surface area contributed by atoms with E-state index in [-0.39, 0.29) is 17.5 Å². The van der Waals surface area contributed by atoms with Crippen molar-refractivity contribution in [3.05, 3.63) is 47.7 Å². The Morgan fingerprint density at radius 3 is 2.41 bits per heavy atom. The number of hydrogen-bond acceptors (Lipinski definition) is 8. The standard InChI is InChI=1S/C26H29N5O6/c1-26(2,3)31-24-16(12-27-31)18(15-11-17(36-5)20(32)21(33)22(15)37-6)19-23(28-24)29-25(34)30(19)13-8-7-9-14(10-13)35-4/h7-12,18-19,32-33H,1-6H3,(H,28,29,34)/t18-,19+/m0/s1. The molecule has 0 aliphatic carbocycles. The van der Waals surface area contributed by atoms with Gasteiger partial charge in [0, 0.05) is 28.8 Å². The number of methoxy groups -OCH3 is 3. The fourth-order valence-electron chi connectivity index (χ4n) is 4.97. The van der Waals surface area contributed by atoms with Crippen LogP contribution in [0, 0.1) is 0 Å². The molecule has 1 saturated heterocycles. The Balaban J connectivity index is 1.80. The van der Waals surface area contributed by atoms with Crippen molar-refractivity contribution in [3.8, 4) is 28.7 Å². The Morgan fingerprint density at radius 2 is 1.76 bits per heavy atom. The molecule has 0 saturated carbocycles. The van der Waals surface area contributed by atoms with Gasteiger partial charge in [-0.1, -0.05) is 6.07 Å². The van der Waals surface area contributed by atoms with E-state index >= 15 is 0 Å². The van der Waals surface area contributed by atoms with E-state index in [1.807, 2.05) is 26.8 Å². The number of carbonyl (C=O) groups is 1. The number of aromatic hydroxyl groups is 2. The Kier molecular flexibility index (Phi) is 5.65. The van der Waals surface area contributed by atoms with Crippen LogP contribution in [0.5, 0.6) is 28.7 Å². The maximum atomic E-state index is 13.4. The van der Waals surface area contributed by atoms with E-state index in [1.165, 1.54) is 14.2 Å². The number of amidine groups is 1. The lowest BCUT2D eigenvalue weighted by Gasteiger charge is -2.34. The van der Waals surface area contributed by atoms with E-state index in [9.17, 15) is 15.0 Å².